The number of carboxylic acid groups (broad SMARTS) is 1. The van der Waals surface area contributed by atoms with Gasteiger partial charge in [0.25, 0.3) is 0 Å². The molecule has 22 heavy (non-hydrogen) atoms. The molecule has 0 aromatic heterocycles. The van der Waals surface area contributed by atoms with E-state index < -0.39 is 5.97 Å². The second-order valence-electron chi connectivity index (χ2n) is 6.28. The van der Waals surface area contributed by atoms with E-state index >= 15 is 0 Å². The molecule has 1 saturated carbocycles. The van der Waals surface area contributed by atoms with Crippen LogP contribution in [0.4, 0.5) is 4.79 Å². The van der Waals surface area contributed by atoms with Crippen molar-refractivity contribution in [1.82, 2.24) is 15.5 Å². The zero-order valence-electron chi connectivity index (χ0n) is 13.3. The number of allylic oxidation sites excluding steroid dienone is 2. The number of aliphatic carboxylic acids is 1. The van der Waals surface area contributed by atoms with Crippen LogP contribution in [-0.2, 0) is 4.79 Å². The third-order valence-electron chi connectivity index (χ3n) is 4.64. The van der Waals surface area contributed by atoms with Crippen LogP contribution in [0.2, 0.25) is 0 Å². The molecule has 0 heterocycles. The molecule has 2 aliphatic carbocycles. The van der Waals surface area contributed by atoms with Gasteiger partial charge in [0.05, 0.1) is 6.54 Å². The van der Waals surface area contributed by atoms with E-state index in [1.54, 1.807) is 0 Å². The van der Waals surface area contributed by atoms with Gasteiger partial charge in [-0.1, -0.05) is 19.1 Å². The lowest BCUT2D eigenvalue weighted by atomic mass is 9.85. The third kappa shape index (κ3) is 5.02. The van der Waals surface area contributed by atoms with Crippen LogP contribution in [0.5, 0.6) is 0 Å². The first-order valence-electron chi connectivity index (χ1n) is 8.23. The fourth-order valence-electron chi connectivity index (χ4n) is 3.19. The minimum absolute atomic E-state index is 0.0787. The number of amides is 2. The van der Waals surface area contributed by atoms with Crippen LogP contribution < -0.4 is 10.6 Å². The average molecular weight is 309 g/mol. The molecular weight excluding hydrogens is 282 g/mol. The summed E-state index contributed by atoms with van der Waals surface area (Å²) in [5, 5.41) is 14.8. The predicted octanol–water partition coefficient (Wildman–Crippen LogP) is 1.58. The summed E-state index contributed by atoms with van der Waals surface area (Å²) in [7, 11) is 0. The van der Waals surface area contributed by atoms with Gasteiger partial charge in [0.2, 0.25) is 0 Å². The van der Waals surface area contributed by atoms with Gasteiger partial charge in [0, 0.05) is 18.6 Å². The van der Waals surface area contributed by atoms with E-state index in [9.17, 15) is 9.59 Å². The van der Waals surface area contributed by atoms with Gasteiger partial charge in [-0.25, -0.2) is 4.79 Å². The van der Waals surface area contributed by atoms with Crippen molar-refractivity contribution in [3.05, 3.63) is 12.2 Å². The maximum Gasteiger partial charge on any atom is 0.317 e. The Morgan fingerprint density at radius 1 is 1.32 bits per heavy atom. The van der Waals surface area contributed by atoms with Crippen LogP contribution in [0.1, 0.15) is 39.0 Å². The molecule has 0 bridgehead atoms. The van der Waals surface area contributed by atoms with Crippen molar-refractivity contribution >= 4 is 12.0 Å². The number of carboxylic acids is 1. The molecular formula is C16H27N3O3. The highest BCUT2D eigenvalue weighted by atomic mass is 16.4. The SMILES string of the molecule is CCN(CC(=O)O)C1CC(NC(=O)NCC2CC=CCC2)C1. The van der Waals surface area contributed by atoms with E-state index in [2.05, 4.69) is 22.8 Å². The van der Waals surface area contributed by atoms with Gasteiger partial charge in [-0.05, 0) is 44.6 Å². The lowest BCUT2D eigenvalue weighted by molar-refractivity contribution is -0.139. The number of nitrogens with one attached hydrogen (secondary N) is 2. The van der Waals surface area contributed by atoms with E-state index in [0.717, 1.165) is 45.2 Å². The molecule has 0 aliphatic heterocycles. The molecule has 6 nitrogen and oxygen atoms in total. The van der Waals surface area contributed by atoms with Crippen molar-refractivity contribution in [3.8, 4) is 0 Å². The second-order valence-corrected chi connectivity index (χ2v) is 6.28. The fraction of sp³-hybridized carbons (Fsp3) is 0.750. The van der Waals surface area contributed by atoms with Gasteiger partial charge in [0.1, 0.15) is 0 Å². The molecule has 0 spiro atoms. The number of rotatable bonds is 7. The molecule has 0 saturated heterocycles. The standard InChI is InChI=1S/C16H27N3O3/c1-2-19(11-15(20)21)14-8-13(9-14)18-16(22)17-10-12-6-4-3-5-7-12/h3-4,12-14H,2,5-11H2,1H3,(H,20,21)(H2,17,18,22). The molecule has 0 aromatic rings. The van der Waals surface area contributed by atoms with Crippen molar-refractivity contribution in [2.24, 2.45) is 5.92 Å². The molecule has 1 atom stereocenters. The lowest BCUT2D eigenvalue weighted by Gasteiger charge is -2.42. The van der Waals surface area contributed by atoms with Gasteiger partial charge in [-0.15, -0.1) is 0 Å². The van der Waals surface area contributed by atoms with Crippen LogP contribution in [-0.4, -0.2) is 53.7 Å². The minimum atomic E-state index is -0.794. The molecule has 2 rings (SSSR count). The van der Waals surface area contributed by atoms with Gasteiger partial charge in [0.15, 0.2) is 0 Å². The van der Waals surface area contributed by atoms with Crippen molar-refractivity contribution in [2.75, 3.05) is 19.6 Å². The van der Waals surface area contributed by atoms with Gasteiger partial charge in [-0.3, -0.25) is 9.69 Å². The Hall–Kier alpha value is -1.56. The van der Waals surface area contributed by atoms with Crippen molar-refractivity contribution in [3.63, 3.8) is 0 Å². The van der Waals surface area contributed by atoms with Gasteiger partial charge < -0.3 is 15.7 Å². The molecule has 6 heteroatoms. The highest BCUT2D eigenvalue weighted by Gasteiger charge is 2.34. The second kappa shape index (κ2) is 8.17. The molecule has 1 fully saturated rings. The van der Waals surface area contributed by atoms with Crippen LogP contribution >= 0.6 is 0 Å². The molecule has 0 aromatic carbocycles. The number of hydrogen-bond acceptors (Lipinski definition) is 3. The Bertz CT molecular complexity index is 419. The fourth-order valence-corrected chi connectivity index (χ4v) is 3.19. The third-order valence-corrected chi connectivity index (χ3v) is 4.64. The van der Waals surface area contributed by atoms with E-state index in [1.165, 1.54) is 0 Å². The van der Waals surface area contributed by atoms with Crippen LogP contribution in [0.15, 0.2) is 12.2 Å². The van der Waals surface area contributed by atoms with Crippen LogP contribution in [0, 0.1) is 5.92 Å². The number of hydrogen-bond donors (Lipinski definition) is 3. The van der Waals surface area contributed by atoms with Crippen molar-refractivity contribution in [2.45, 2.75) is 51.1 Å². The smallest absolute Gasteiger partial charge is 0.317 e. The van der Waals surface area contributed by atoms with Crippen molar-refractivity contribution < 1.29 is 14.7 Å². The number of urea groups is 1. The summed E-state index contributed by atoms with van der Waals surface area (Å²) in [4.78, 5) is 24.6. The Morgan fingerprint density at radius 2 is 2.09 bits per heavy atom. The predicted molar refractivity (Wildman–Crippen MR) is 84.7 cm³/mol. The lowest BCUT2D eigenvalue weighted by Crippen LogP contribution is -2.56. The summed E-state index contributed by atoms with van der Waals surface area (Å²) in [5.74, 6) is -0.242. The summed E-state index contributed by atoms with van der Waals surface area (Å²) >= 11 is 0. The summed E-state index contributed by atoms with van der Waals surface area (Å²) in [6.45, 7) is 3.50. The number of likely N-dealkylation sites (N-methyl/N-ethyl adjacent to an activating group) is 1. The minimum Gasteiger partial charge on any atom is -0.480 e. The molecule has 2 amide bonds. The molecule has 0 radical (unpaired) electrons. The molecule has 3 N–H and O–H groups in total. The average Bonchev–Trinajstić information content (AvgIpc) is 2.47. The number of nitrogens with zero attached hydrogens (tertiary/aromatic N) is 1. The first-order valence-corrected chi connectivity index (χ1v) is 8.23. The van der Waals surface area contributed by atoms with E-state index in [4.69, 9.17) is 5.11 Å². The number of carbonyl (C=O) groups excluding carboxylic acids is 1. The summed E-state index contributed by atoms with van der Waals surface area (Å²) < 4.78 is 0. The van der Waals surface area contributed by atoms with Crippen molar-refractivity contribution in [1.29, 1.82) is 0 Å². The topological polar surface area (TPSA) is 81.7 Å². The normalized spacial score (nSPS) is 27.3. The number of carbonyl (C=O) groups is 2. The molecule has 1 unspecified atom stereocenters. The molecule has 124 valence electrons. The first-order chi connectivity index (χ1) is 10.6. The van der Waals surface area contributed by atoms with E-state index in [-0.39, 0.29) is 24.7 Å². The molecule has 2 aliphatic rings. The maximum atomic E-state index is 11.9. The zero-order valence-corrected chi connectivity index (χ0v) is 13.3. The first kappa shape index (κ1) is 16.8. The van der Waals surface area contributed by atoms with E-state index in [0.29, 0.717) is 5.92 Å². The Balaban J connectivity index is 1.61. The quantitative estimate of drug-likeness (QED) is 0.624. The Morgan fingerprint density at radius 3 is 2.68 bits per heavy atom. The Kier molecular flexibility index (Phi) is 6.24. The van der Waals surface area contributed by atoms with Gasteiger partial charge >= 0.3 is 12.0 Å². The summed E-state index contributed by atoms with van der Waals surface area (Å²) in [6.07, 6.45) is 9.35. The van der Waals surface area contributed by atoms with Gasteiger partial charge in [-0.2, -0.15) is 0 Å². The highest BCUT2D eigenvalue weighted by Crippen LogP contribution is 2.25. The largest absolute Gasteiger partial charge is 0.480 e. The summed E-state index contributed by atoms with van der Waals surface area (Å²) in [5.41, 5.74) is 0. The monoisotopic (exact) mass is 309 g/mol. The maximum absolute atomic E-state index is 11.9. The summed E-state index contributed by atoms with van der Waals surface area (Å²) in [6, 6.07) is 0.341. The van der Waals surface area contributed by atoms with Crippen LogP contribution in [0.25, 0.3) is 0 Å². The van der Waals surface area contributed by atoms with E-state index in [1.807, 2.05) is 11.8 Å². The Labute approximate surface area is 131 Å². The zero-order chi connectivity index (χ0) is 15.9. The van der Waals surface area contributed by atoms with Crippen LogP contribution in [0.3, 0.4) is 0 Å². The highest BCUT2D eigenvalue weighted by molar-refractivity contribution is 5.74.